The Morgan fingerprint density at radius 1 is 1.40 bits per heavy atom. The van der Waals surface area contributed by atoms with Gasteiger partial charge < -0.3 is 9.64 Å². The summed E-state index contributed by atoms with van der Waals surface area (Å²) >= 11 is 3.29. The van der Waals surface area contributed by atoms with Crippen LogP contribution in [0.25, 0.3) is 0 Å². The molecule has 2 rings (SSSR count). The molecule has 1 aromatic rings. The van der Waals surface area contributed by atoms with Gasteiger partial charge in [0.15, 0.2) is 0 Å². The maximum atomic E-state index is 12.3. The van der Waals surface area contributed by atoms with Crippen LogP contribution in [0.2, 0.25) is 0 Å². The Labute approximate surface area is 127 Å². The maximum absolute atomic E-state index is 12.3. The van der Waals surface area contributed by atoms with Gasteiger partial charge in [-0.05, 0) is 28.8 Å². The van der Waals surface area contributed by atoms with Gasteiger partial charge >= 0.3 is 6.01 Å². The predicted molar refractivity (Wildman–Crippen MR) is 79.4 cm³/mol. The van der Waals surface area contributed by atoms with E-state index < -0.39 is 0 Å². The Morgan fingerprint density at radius 3 is 2.65 bits per heavy atom. The lowest BCUT2D eigenvalue weighted by Crippen LogP contribution is -2.48. The van der Waals surface area contributed by atoms with E-state index in [1.54, 1.807) is 12.4 Å². The van der Waals surface area contributed by atoms with E-state index >= 15 is 0 Å². The minimum absolute atomic E-state index is 0.0313. The maximum Gasteiger partial charge on any atom is 0.316 e. The van der Waals surface area contributed by atoms with Crippen LogP contribution in [0.15, 0.2) is 16.9 Å². The zero-order valence-electron chi connectivity index (χ0n) is 12.1. The van der Waals surface area contributed by atoms with Crippen molar-refractivity contribution in [2.24, 2.45) is 5.41 Å². The number of carbonyl (C=O) groups is 1. The first kappa shape index (κ1) is 15.2. The van der Waals surface area contributed by atoms with Crippen molar-refractivity contribution in [1.29, 1.82) is 0 Å². The second kappa shape index (κ2) is 6.08. The van der Waals surface area contributed by atoms with E-state index in [9.17, 15) is 4.79 Å². The summed E-state index contributed by atoms with van der Waals surface area (Å²) in [7, 11) is 0. The molecule has 6 heteroatoms. The molecule has 1 unspecified atom stereocenters. The number of nitrogens with zero attached hydrogens (tertiary/aromatic N) is 3. The fourth-order valence-electron chi connectivity index (χ4n) is 2.20. The van der Waals surface area contributed by atoms with Crippen LogP contribution in [0.1, 0.15) is 33.6 Å². The fourth-order valence-corrected chi connectivity index (χ4v) is 2.41. The molecule has 110 valence electrons. The molecule has 1 saturated heterocycles. The summed E-state index contributed by atoms with van der Waals surface area (Å²) < 4.78 is 6.58. The Kier molecular flexibility index (Phi) is 4.62. The molecule has 0 aromatic carbocycles. The molecule has 0 N–H and O–H groups in total. The number of hydrogen-bond acceptors (Lipinski definition) is 4. The van der Waals surface area contributed by atoms with E-state index in [1.165, 1.54) is 0 Å². The third-order valence-corrected chi connectivity index (χ3v) is 3.59. The van der Waals surface area contributed by atoms with Crippen molar-refractivity contribution in [2.45, 2.75) is 39.7 Å². The topological polar surface area (TPSA) is 55.3 Å². The van der Waals surface area contributed by atoms with Gasteiger partial charge in [0.25, 0.3) is 0 Å². The smallest absolute Gasteiger partial charge is 0.316 e. The second-order valence-corrected chi connectivity index (χ2v) is 6.98. The number of ether oxygens (including phenoxy) is 1. The summed E-state index contributed by atoms with van der Waals surface area (Å²) in [5, 5.41) is 0. The monoisotopic (exact) mass is 341 g/mol. The van der Waals surface area contributed by atoms with Gasteiger partial charge in [0.2, 0.25) is 5.91 Å². The average molecular weight is 342 g/mol. The summed E-state index contributed by atoms with van der Waals surface area (Å²) in [5.74, 6) is 0.169. The molecular formula is C14H20BrN3O2. The predicted octanol–water partition coefficient (Wildman–Crippen LogP) is 2.66. The van der Waals surface area contributed by atoms with Gasteiger partial charge in [0.1, 0.15) is 6.10 Å². The minimum atomic E-state index is -0.351. The van der Waals surface area contributed by atoms with Crippen LogP contribution < -0.4 is 4.74 Å². The molecule has 1 amide bonds. The van der Waals surface area contributed by atoms with Crippen LogP contribution in [0, 0.1) is 5.41 Å². The number of likely N-dealkylation sites (tertiary alicyclic amines) is 1. The van der Waals surface area contributed by atoms with Gasteiger partial charge in [-0.3, -0.25) is 4.79 Å². The second-order valence-electron chi connectivity index (χ2n) is 6.07. The van der Waals surface area contributed by atoms with Crippen LogP contribution in [0.5, 0.6) is 6.01 Å². The van der Waals surface area contributed by atoms with Gasteiger partial charge in [-0.15, -0.1) is 0 Å². The first-order valence-electron chi connectivity index (χ1n) is 6.80. The van der Waals surface area contributed by atoms with Gasteiger partial charge in [-0.2, -0.15) is 0 Å². The Hall–Kier alpha value is -1.17. The standard InChI is InChI=1S/C14H20BrN3O2/c1-14(2,3)12(19)18-6-4-5-11(9-18)20-13-16-7-10(15)8-17-13/h7-8,11H,4-6,9H2,1-3H3. The summed E-state index contributed by atoms with van der Waals surface area (Å²) in [4.78, 5) is 22.4. The van der Waals surface area contributed by atoms with Crippen molar-refractivity contribution in [3.05, 3.63) is 16.9 Å². The van der Waals surface area contributed by atoms with Gasteiger partial charge in [0.05, 0.1) is 11.0 Å². The zero-order valence-corrected chi connectivity index (χ0v) is 13.7. The van der Waals surface area contributed by atoms with Crippen molar-refractivity contribution >= 4 is 21.8 Å². The molecule has 1 atom stereocenters. The van der Waals surface area contributed by atoms with E-state index in [1.807, 2.05) is 25.7 Å². The summed E-state index contributed by atoms with van der Waals surface area (Å²) in [6, 6.07) is 0.364. The molecule has 0 spiro atoms. The first-order chi connectivity index (χ1) is 9.36. The van der Waals surface area contributed by atoms with Gasteiger partial charge in [0, 0.05) is 24.4 Å². The number of carbonyl (C=O) groups excluding carboxylic acids is 1. The van der Waals surface area contributed by atoms with Crippen LogP contribution in [-0.4, -0.2) is 40.0 Å². The molecule has 1 aliphatic heterocycles. The van der Waals surface area contributed by atoms with E-state index in [4.69, 9.17) is 4.74 Å². The average Bonchev–Trinajstić information content (AvgIpc) is 2.40. The number of rotatable bonds is 2. The molecule has 1 aromatic heterocycles. The van der Waals surface area contributed by atoms with Crippen molar-refractivity contribution in [1.82, 2.24) is 14.9 Å². The van der Waals surface area contributed by atoms with E-state index in [2.05, 4.69) is 25.9 Å². The summed E-state index contributed by atoms with van der Waals surface area (Å²) in [6.45, 7) is 7.24. The SMILES string of the molecule is CC(C)(C)C(=O)N1CCCC(Oc2ncc(Br)cn2)C1. The number of halogens is 1. The molecule has 1 fully saturated rings. The quantitative estimate of drug-likeness (QED) is 0.829. The van der Waals surface area contributed by atoms with Crippen LogP contribution in [0.3, 0.4) is 0 Å². The Morgan fingerprint density at radius 2 is 2.05 bits per heavy atom. The number of hydrogen-bond donors (Lipinski definition) is 0. The van der Waals surface area contributed by atoms with Crippen molar-refractivity contribution in [3.63, 3.8) is 0 Å². The Bertz CT molecular complexity index is 470. The molecule has 0 radical (unpaired) electrons. The molecule has 20 heavy (non-hydrogen) atoms. The highest BCUT2D eigenvalue weighted by molar-refractivity contribution is 9.10. The van der Waals surface area contributed by atoms with E-state index in [0.29, 0.717) is 12.6 Å². The largest absolute Gasteiger partial charge is 0.458 e. The molecule has 5 nitrogen and oxygen atoms in total. The zero-order chi connectivity index (χ0) is 14.8. The highest BCUT2D eigenvalue weighted by Crippen LogP contribution is 2.22. The number of amides is 1. The lowest BCUT2D eigenvalue weighted by Gasteiger charge is -2.36. The van der Waals surface area contributed by atoms with Gasteiger partial charge in [-0.1, -0.05) is 20.8 Å². The summed E-state index contributed by atoms with van der Waals surface area (Å²) in [5.41, 5.74) is -0.351. The van der Waals surface area contributed by atoms with Crippen LogP contribution >= 0.6 is 15.9 Å². The highest BCUT2D eigenvalue weighted by atomic mass is 79.9. The lowest BCUT2D eigenvalue weighted by molar-refractivity contribution is -0.142. The van der Waals surface area contributed by atoms with Crippen LogP contribution in [-0.2, 0) is 4.79 Å². The fraction of sp³-hybridized carbons (Fsp3) is 0.643. The van der Waals surface area contributed by atoms with E-state index in [0.717, 1.165) is 23.9 Å². The number of aromatic nitrogens is 2. The van der Waals surface area contributed by atoms with Crippen molar-refractivity contribution in [2.75, 3.05) is 13.1 Å². The van der Waals surface area contributed by atoms with Crippen molar-refractivity contribution in [3.8, 4) is 6.01 Å². The number of piperidine rings is 1. The molecule has 0 bridgehead atoms. The van der Waals surface area contributed by atoms with Gasteiger partial charge in [-0.25, -0.2) is 9.97 Å². The molecule has 1 aliphatic rings. The highest BCUT2D eigenvalue weighted by Gasteiger charge is 2.31. The molecule has 0 aliphatic carbocycles. The molecule has 2 heterocycles. The molecule has 0 saturated carbocycles. The van der Waals surface area contributed by atoms with E-state index in [-0.39, 0.29) is 17.4 Å². The molecular weight excluding hydrogens is 322 g/mol. The third kappa shape index (κ3) is 3.91. The first-order valence-corrected chi connectivity index (χ1v) is 7.59. The van der Waals surface area contributed by atoms with Crippen molar-refractivity contribution < 1.29 is 9.53 Å². The van der Waals surface area contributed by atoms with Crippen LogP contribution in [0.4, 0.5) is 0 Å². The third-order valence-electron chi connectivity index (χ3n) is 3.18. The lowest BCUT2D eigenvalue weighted by atomic mass is 9.93. The Balaban J connectivity index is 1.97. The normalized spacial score (nSPS) is 19.8. The minimum Gasteiger partial charge on any atom is -0.458 e. The summed E-state index contributed by atoms with van der Waals surface area (Å²) in [6.07, 6.45) is 5.15.